The average molecular weight is 342 g/mol. The van der Waals surface area contributed by atoms with E-state index in [-0.39, 0.29) is 5.91 Å². The highest BCUT2D eigenvalue weighted by atomic mass is 16.5. The standard InChI is InChI=1S/C17H35N5O2/c1-15(2)5-13-24-14-7-20-17(18-4)19-6-8-21-9-11-22(12-10-21)16(3)23/h15H,5-14H2,1-4H3,(H2,18,19,20). The largest absolute Gasteiger partial charge is 0.380 e. The molecule has 7 heteroatoms. The van der Waals surface area contributed by atoms with Gasteiger partial charge in [-0.2, -0.15) is 0 Å². The topological polar surface area (TPSA) is 69.2 Å². The highest BCUT2D eigenvalue weighted by molar-refractivity contribution is 5.79. The van der Waals surface area contributed by atoms with Crippen molar-refractivity contribution in [2.24, 2.45) is 10.9 Å². The molecule has 1 saturated heterocycles. The van der Waals surface area contributed by atoms with Crippen LogP contribution in [0.1, 0.15) is 27.2 Å². The van der Waals surface area contributed by atoms with Gasteiger partial charge < -0.3 is 20.3 Å². The summed E-state index contributed by atoms with van der Waals surface area (Å²) in [6, 6.07) is 0. The van der Waals surface area contributed by atoms with E-state index < -0.39 is 0 Å². The van der Waals surface area contributed by atoms with E-state index in [1.54, 1.807) is 14.0 Å². The molecule has 0 aliphatic carbocycles. The van der Waals surface area contributed by atoms with Gasteiger partial charge >= 0.3 is 0 Å². The molecule has 0 aromatic heterocycles. The van der Waals surface area contributed by atoms with E-state index in [1.807, 2.05) is 4.90 Å². The fraction of sp³-hybridized carbons (Fsp3) is 0.882. The predicted molar refractivity (Wildman–Crippen MR) is 98.3 cm³/mol. The Morgan fingerprint density at radius 1 is 1.12 bits per heavy atom. The average Bonchev–Trinajstić information content (AvgIpc) is 2.56. The van der Waals surface area contributed by atoms with Gasteiger partial charge in [0.1, 0.15) is 0 Å². The molecule has 2 N–H and O–H groups in total. The second-order valence-electron chi connectivity index (χ2n) is 6.57. The van der Waals surface area contributed by atoms with Gasteiger partial charge in [-0.1, -0.05) is 13.8 Å². The highest BCUT2D eigenvalue weighted by Crippen LogP contribution is 2.01. The Morgan fingerprint density at radius 2 is 1.79 bits per heavy atom. The summed E-state index contributed by atoms with van der Waals surface area (Å²) in [5.41, 5.74) is 0. The van der Waals surface area contributed by atoms with Crippen LogP contribution in [0.2, 0.25) is 0 Å². The first-order chi connectivity index (χ1) is 11.5. The van der Waals surface area contributed by atoms with E-state index in [4.69, 9.17) is 4.74 Å². The zero-order valence-electron chi connectivity index (χ0n) is 15.8. The molecule has 0 unspecified atom stereocenters. The fourth-order valence-corrected chi connectivity index (χ4v) is 2.50. The van der Waals surface area contributed by atoms with Crippen LogP contribution in [0.3, 0.4) is 0 Å². The zero-order valence-corrected chi connectivity index (χ0v) is 15.8. The molecule has 0 bridgehead atoms. The second-order valence-corrected chi connectivity index (χ2v) is 6.57. The molecular formula is C17H35N5O2. The SMILES string of the molecule is CN=C(NCCOCCC(C)C)NCCN1CCN(C(C)=O)CC1. The maximum atomic E-state index is 11.3. The molecule has 1 amide bonds. The quantitative estimate of drug-likeness (QED) is 0.360. The number of rotatable bonds is 9. The van der Waals surface area contributed by atoms with Crippen molar-refractivity contribution in [1.29, 1.82) is 0 Å². The molecule has 1 fully saturated rings. The van der Waals surface area contributed by atoms with Gasteiger partial charge in [0, 0.05) is 66.4 Å². The first-order valence-electron chi connectivity index (χ1n) is 9.03. The van der Waals surface area contributed by atoms with Crippen LogP contribution in [0.4, 0.5) is 0 Å². The van der Waals surface area contributed by atoms with Crippen molar-refractivity contribution in [2.75, 3.05) is 66.1 Å². The highest BCUT2D eigenvalue weighted by Gasteiger charge is 2.17. The molecule has 24 heavy (non-hydrogen) atoms. The number of hydrogen-bond donors (Lipinski definition) is 2. The van der Waals surface area contributed by atoms with Crippen LogP contribution in [-0.2, 0) is 9.53 Å². The Balaban J connectivity index is 2.05. The Hall–Kier alpha value is -1.34. The van der Waals surface area contributed by atoms with Crippen LogP contribution < -0.4 is 10.6 Å². The number of hydrogen-bond acceptors (Lipinski definition) is 4. The summed E-state index contributed by atoms with van der Waals surface area (Å²) < 4.78 is 5.58. The van der Waals surface area contributed by atoms with Crippen LogP contribution in [-0.4, -0.2) is 87.7 Å². The van der Waals surface area contributed by atoms with E-state index in [9.17, 15) is 4.79 Å². The van der Waals surface area contributed by atoms with Gasteiger partial charge in [0.25, 0.3) is 0 Å². The van der Waals surface area contributed by atoms with Crippen molar-refractivity contribution in [1.82, 2.24) is 20.4 Å². The molecule has 1 aliphatic rings. The minimum Gasteiger partial charge on any atom is -0.380 e. The van der Waals surface area contributed by atoms with Crippen molar-refractivity contribution in [3.8, 4) is 0 Å². The molecule has 0 aromatic rings. The van der Waals surface area contributed by atoms with E-state index in [0.717, 1.165) is 64.8 Å². The minimum absolute atomic E-state index is 0.174. The Morgan fingerprint density at radius 3 is 2.38 bits per heavy atom. The lowest BCUT2D eigenvalue weighted by Crippen LogP contribution is -2.50. The smallest absolute Gasteiger partial charge is 0.219 e. The number of guanidine groups is 1. The maximum absolute atomic E-state index is 11.3. The summed E-state index contributed by atoms with van der Waals surface area (Å²) in [5, 5.41) is 6.58. The van der Waals surface area contributed by atoms with Crippen LogP contribution in [0, 0.1) is 5.92 Å². The summed E-state index contributed by atoms with van der Waals surface area (Å²) in [4.78, 5) is 19.8. The van der Waals surface area contributed by atoms with Crippen molar-refractivity contribution >= 4 is 11.9 Å². The summed E-state index contributed by atoms with van der Waals surface area (Å²) in [6.45, 7) is 13.7. The molecule has 0 aromatic carbocycles. The van der Waals surface area contributed by atoms with Gasteiger partial charge in [0.2, 0.25) is 5.91 Å². The van der Waals surface area contributed by atoms with E-state index >= 15 is 0 Å². The van der Waals surface area contributed by atoms with Gasteiger partial charge in [-0.25, -0.2) is 0 Å². The normalized spacial score (nSPS) is 16.5. The van der Waals surface area contributed by atoms with E-state index in [2.05, 4.69) is 34.4 Å². The van der Waals surface area contributed by atoms with Crippen molar-refractivity contribution < 1.29 is 9.53 Å². The minimum atomic E-state index is 0.174. The molecule has 1 aliphatic heterocycles. The summed E-state index contributed by atoms with van der Waals surface area (Å²) in [6.07, 6.45) is 1.10. The maximum Gasteiger partial charge on any atom is 0.219 e. The number of nitrogens with zero attached hydrogens (tertiary/aromatic N) is 3. The number of aliphatic imine (C=N–C) groups is 1. The molecule has 140 valence electrons. The number of nitrogens with one attached hydrogen (secondary N) is 2. The summed E-state index contributed by atoms with van der Waals surface area (Å²) >= 11 is 0. The molecule has 1 heterocycles. The van der Waals surface area contributed by atoms with Crippen molar-refractivity contribution in [3.05, 3.63) is 0 Å². The summed E-state index contributed by atoms with van der Waals surface area (Å²) in [5.74, 6) is 1.67. The lowest BCUT2D eigenvalue weighted by Gasteiger charge is -2.34. The Labute approximate surface area is 146 Å². The number of piperazine rings is 1. The van der Waals surface area contributed by atoms with Crippen molar-refractivity contribution in [3.63, 3.8) is 0 Å². The lowest BCUT2D eigenvalue weighted by molar-refractivity contribution is -0.130. The third-order valence-electron chi connectivity index (χ3n) is 4.14. The molecular weight excluding hydrogens is 306 g/mol. The van der Waals surface area contributed by atoms with Gasteiger partial charge in [0.05, 0.1) is 6.61 Å². The molecule has 1 rings (SSSR count). The van der Waals surface area contributed by atoms with Crippen LogP contribution in [0.15, 0.2) is 4.99 Å². The van der Waals surface area contributed by atoms with Gasteiger partial charge in [-0.3, -0.25) is 14.7 Å². The first-order valence-corrected chi connectivity index (χ1v) is 9.03. The summed E-state index contributed by atoms with van der Waals surface area (Å²) in [7, 11) is 1.78. The van der Waals surface area contributed by atoms with Crippen LogP contribution in [0.25, 0.3) is 0 Å². The van der Waals surface area contributed by atoms with Gasteiger partial charge in [-0.05, 0) is 12.3 Å². The van der Waals surface area contributed by atoms with Gasteiger partial charge in [-0.15, -0.1) is 0 Å². The molecule has 7 nitrogen and oxygen atoms in total. The number of carbonyl (C=O) groups excluding carboxylic acids is 1. The monoisotopic (exact) mass is 341 g/mol. The predicted octanol–water partition coefficient (Wildman–Crippen LogP) is 0.378. The third kappa shape index (κ3) is 9.08. The molecule has 0 radical (unpaired) electrons. The van der Waals surface area contributed by atoms with E-state index in [1.165, 1.54) is 0 Å². The number of amides is 1. The van der Waals surface area contributed by atoms with E-state index in [0.29, 0.717) is 12.5 Å². The lowest BCUT2D eigenvalue weighted by atomic mass is 10.1. The first kappa shape index (κ1) is 20.7. The zero-order chi connectivity index (χ0) is 17.8. The van der Waals surface area contributed by atoms with Crippen LogP contribution in [0.5, 0.6) is 0 Å². The second kappa shape index (κ2) is 12.1. The molecule has 0 saturated carbocycles. The molecule has 0 spiro atoms. The van der Waals surface area contributed by atoms with Gasteiger partial charge in [0.15, 0.2) is 5.96 Å². The number of carbonyl (C=O) groups is 1. The van der Waals surface area contributed by atoms with Crippen LogP contribution >= 0.6 is 0 Å². The Kier molecular flexibility index (Phi) is 10.4. The molecule has 0 atom stereocenters. The number of ether oxygens (including phenoxy) is 1. The fourth-order valence-electron chi connectivity index (χ4n) is 2.50. The third-order valence-corrected chi connectivity index (χ3v) is 4.14. The Bertz CT molecular complexity index is 379. The van der Waals surface area contributed by atoms with Crippen molar-refractivity contribution in [2.45, 2.75) is 27.2 Å².